The van der Waals surface area contributed by atoms with E-state index < -0.39 is 29.7 Å². The molecule has 4 aromatic rings. The summed E-state index contributed by atoms with van der Waals surface area (Å²) in [4.78, 5) is 34.1. The summed E-state index contributed by atoms with van der Waals surface area (Å²) in [5.74, 6) is 0.708. The zero-order valence-corrected chi connectivity index (χ0v) is 22.6. The Labute approximate surface area is 232 Å². The van der Waals surface area contributed by atoms with Crippen LogP contribution in [0.25, 0.3) is 11.0 Å². The maximum atomic E-state index is 14.2. The van der Waals surface area contributed by atoms with Crippen LogP contribution in [0, 0.1) is 0 Å². The number of carbonyl (C=O) groups excluding carboxylic acids is 2. The van der Waals surface area contributed by atoms with Gasteiger partial charge < -0.3 is 29.9 Å². The first kappa shape index (κ1) is 27.9. The molecule has 5 rings (SSSR count). The molecule has 0 saturated heterocycles. The molecule has 1 aliphatic heterocycles. The maximum Gasteiger partial charge on any atom is 0.416 e. The summed E-state index contributed by atoms with van der Waals surface area (Å²) in [6.07, 6.45) is -3.23. The number of aryl methyl sites for hydroxylation is 1. The monoisotopic (exact) mass is 568 g/mol. The van der Waals surface area contributed by atoms with Gasteiger partial charge in [0.05, 0.1) is 34.3 Å². The molecule has 1 aliphatic rings. The van der Waals surface area contributed by atoms with Crippen LogP contribution in [0.5, 0.6) is 11.5 Å². The third-order valence-corrected chi connectivity index (χ3v) is 6.82. The number of hydrogen-bond donors (Lipinski definition) is 3. The smallest absolute Gasteiger partial charge is 0.416 e. The van der Waals surface area contributed by atoms with Gasteiger partial charge in [-0.2, -0.15) is 13.2 Å². The molecular formula is C28H27F3N6O4. The zero-order chi connectivity index (χ0) is 29.7. The number of aliphatic hydroxyl groups is 1. The number of β-amino-alcohol motifs (C(OH)–C–C–N with tert-alkyl or cyclic N) is 1. The van der Waals surface area contributed by atoms with E-state index >= 15 is 0 Å². The van der Waals surface area contributed by atoms with Gasteiger partial charge >= 0.3 is 6.18 Å². The molecule has 13 heteroatoms. The Morgan fingerprint density at radius 1 is 1.12 bits per heavy atom. The van der Waals surface area contributed by atoms with Crippen LogP contribution in [-0.2, 0) is 28.2 Å². The molecule has 214 valence electrons. The molecule has 0 saturated carbocycles. The number of halogens is 3. The standard InChI is InChI=1S/C28H27F3N6O4/c1-15(39)33-23-14-18(7-8-32-23)41-17-5-6-20-21(13-17)36(4)26(35-20)34-16-11-19(28(29,30)31)24-22(12-16)37(9-10-38)25(40)27(24,2)3/h5-8,11-14,38H,9-10H2,1-4H3,(H,34,35)(H,32,33,39). The number of aromatic nitrogens is 3. The van der Waals surface area contributed by atoms with E-state index in [1.807, 2.05) is 0 Å². The highest BCUT2D eigenvalue weighted by Gasteiger charge is 2.50. The summed E-state index contributed by atoms with van der Waals surface area (Å²) >= 11 is 0. The third-order valence-electron chi connectivity index (χ3n) is 6.82. The van der Waals surface area contributed by atoms with E-state index in [0.717, 1.165) is 6.07 Å². The Morgan fingerprint density at radius 2 is 1.85 bits per heavy atom. The number of nitrogens with zero attached hydrogens (tertiary/aromatic N) is 4. The van der Waals surface area contributed by atoms with Crippen LogP contribution in [0.4, 0.5) is 36.3 Å². The molecule has 2 aromatic carbocycles. The van der Waals surface area contributed by atoms with Gasteiger partial charge in [0.15, 0.2) is 0 Å². The zero-order valence-electron chi connectivity index (χ0n) is 22.6. The number of benzene rings is 2. The highest BCUT2D eigenvalue weighted by Crippen LogP contribution is 2.49. The second kappa shape index (κ2) is 10.1. The Hall–Kier alpha value is -4.65. The number of rotatable bonds is 7. The Kier molecular flexibility index (Phi) is 6.85. The minimum absolute atomic E-state index is 0.0849. The van der Waals surface area contributed by atoms with Gasteiger partial charge in [-0.05, 0) is 44.2 Å². The van der Waals surface area contributed by atoms with E-state index in [9.17, 15) is 27.9 Å². The molecular weight excluding hydrogens is 541 g/mol. The fourth-order valence-electron chi connectivity index (χ4n) is 5.00. The summed E-state index contributed by atoms with van der Waals surface area (Å²) in [6.45, 7) is 3.74. The molecule has 10 nitrogen and oxygen atoms in total. The van der Waals surface area contributed by atoms with Crippen LogP contribution in [0.2, 0.25) is 0 Å². The molecule has 2 aromatic heterocycles. The van der Waals surface area contributed by atoms with Crippen molar-refractivity contribution in [3.05, 3.63) is 59.8 Å². The van der Waals surface area contributed by atoms with Gasteiger partial charge in [0.2, 0.25) is 17.8 Å². The molecule has 0 atom stereocenters. The first-order chi connectivity index (χ1) is 19.3. The van der Waals surface area contributed by atoms with Gasteiger partial charge in [-0.25, -0.2) is 9.97 Å². The molecule has 0 bridgehead atoms. The number of alkyl halides is 3. The average Bonchev–Trinajstić information content (AvgIpc) is 3.29. The predicted octanol–water partition coefficient (Wildman–Crippen LogP) is 5.10. The van der Waals surface area contributed by atoms with E-state index in [1.54, 1.807) is 41.9 Å². The number of anilines is 4. The SMILES string of the molecule is CC(=O)Nc1cc(Oc2ccc3nc(Nc4cc5c(c(C(F)(F)F)c4)C(C)(C)C(=O)N5CCO)n(C)c3c2)ccn1. The van der Waals surface area contributed by atoms with E-state index in [4.69, 9.17) is 4.74 Å². The van der Waals surface area contributed by atoms with E-state index in [-0.39, 0.29) is 35.3 Å². The number of imidazole rings is 1. The molecule has 3 heterocycles. The molecule has 0 spiro atoms. The average molecular weight is 569 g/mol. The van der Waals surface area contributed by atoms with Crippen molar-refractivity contribution in [1.82, 2.24) is 14.5 Å². The van der Waals surface area contributed by atoms with Crippen LogP contribution in [0.15, 0.2) is 48.7 Å². The minimum atomic E-state index is -4.72. The maximum absolute atomic E-state index is 14.2. The van der Waals surface area contributed by atoms with Crippen molar-refractivity contribution in [3.8, 4) is 11.5 Å². The number of pyridine rings is 1. The van der Waals surface area contributed by atoms with Crippen molar-refractivity contribution in [1.29, 1.82) is 0 Å². The number of aliphatic hydroxyl groups excluding tert-OH is 1. The summed E-state index contributed by atoms with van der Waals surface area (Å²) in [5, 5.41) is 15.0. The first-order valence-corrected chi connectivity index (χ1v) is 12.6. The van der Waals surface area contributed by atoms with E-state index in [0.29, 0.717) is 28.4 Å². The molecule has 0 unspecified atom stereocenters. The lowest BCUT2D eigenvalue weighted by atomic mass is 9.82. The summed E-state index contributed by atoms with van der Waals surface area (Å²) in [7, 11) is 1.70. The second-order valence-electron chi connectivity index (χ2n) is 10.2. The van der Waals surface area contributed by atoms with Crippen LogP contribution in [0.1, 0.15) is 31.9 Å². The highest BCUT2D eigenvalue weighted by molar-refractivity contribution is 6.08. The lowest BCUT2D eigenvalue weighted by Crippen LogP contribution is -2.38. The first-order valence-electron chi connectivity index (χ1n) is 12.6. The molecule has 0 radical (unpaired) electrons. The van der Waals surface area contributed by atoms with Crippen molar-refractivity contribution in [2.45, 2.75) is 32.4 Å². The molecule has 0 aliphatic carbocycles. The van der Waals surface area contributed by atoms with Gasteiger partial charge in [0.25, 0.3) is 0 Å². The number of nitrogens with one attached hydrogen (secondary N) is 2. The molecule has 3 N–H and O–H groups in total. The van der Waals surface area contributed by atoms with Crippen LogP contribution in [-0.4, -0.2) is 44.6 Å². The third kappa shape index (κ3) is 5.15. The van der Waals surface area contributed by atoms with Crippen molar-refractivity contribution < 1.29 is 32.6 Å². The summed E-state index contributed by atoms with van der Waals surface area (Å²) in [5.41, 5.74) is -1.10. The van der Waals surface area contributed by atoms with Crippen molar-refractivity contribution in [2.24, 2.45) is 7.05 Å². The molecule has 0 fully saturated rings. The van der Waals surface area contributed by atoms with Gasteiger partial charge in [-0.15, -0.1) is 0 Å². The van der Waals surface area contributed by atoms with Crippen molar-refractivity contribution in [3.63, 3.8) is 0 Å². The van der Waals surface area contributed by atoms with Crippen LogP contribution < -0.4 is 20.3 Å². The second-order valence-corrected chi connectivity index (χ2v) is 10.2. The van der Waals surface area contributed by atoms with Gasteiger partial charge in [0.1, 0.15) is 17.3 Å². The lowest BCUT2D eigenvalue weighted by Gasteiger charge is -2.21. The van der Waals surface area contributed by atoms with Gasteiger partial charge in [-0.3, -0.25) is 9.59 Å². The fraction of sp³-hybridized carbons (Fsp3) is 0.286. The van der Waals surface area contributed by atoms with Crippen molar-refractivity contribution in [2.75, 3.05) is 28.7 Å². The Balaban J connectivity index is 1.50. The quantitative estimate of drug-likeness (QED) is 0.284. The number of carbonyl (C=O) groups is 2. The normalized spacial score (nSPS) is 14.3. The number of amides is 2. The number of hydrogen-bond acceptors (Lipinski definition) is 7. The fourth-order valence-corrected chi connectivity index (χ4v) is 5.00. The molecule has 41 heavy (non-hydrogen) atoms. The van der Waals surface area contributed by atoms with E-state index in [2.05, 4.69) is 20.6 Å². The van der Waals surface area contributed by atoms with Gasteiger partial charge in [-0.1, -0.05) is 0 Å². The summed E-state index contributed by atoms with van der Waals surface area (Å²) < 4.78 is 50.3. The van der Waals surface area contributed by atoms with Gasteiger partial charge in [0, 0.05) is 50.1 Å². The molecule has 2 amide bonds. The minimum Gasteiger partial charge on any atom is -0.457 e. The van der Waals surface area contributed by atoms with E-state index in [1.165, 1.54) is 37.9 Å². The topological polar surface area (TPSA) is 122 Å². The number of fused-ring (bicyclic) bond motifs is 2. The largest absolute Gasteiger partial charge is 0.457 e. The van der Waals surface area contributed by atoms with Crippen LogP contribution in [0.3, 0.4) is 0 Å². The predicted molar refractivity (Wildman–Crippen MR) is 147 cm³/mol. The van der Waals surface area contributed by atoms with Crippen molar-refractivity contribution >= 4 is 46.0 Å². The van der Waals surface area contributed by atoms with Crippen LogP contribution >= 0.6 is 0 Å². The Bertz CT molecular complexity index is 1680. The Morgan fingerprint density at radius 3 is 2.54 bits per heavy atom. The lowest BCUT2D eigenvalue weighted by molar-refractivity contribution is -0.138. The summed E-state index contributed by atoms with van der Waals surface area (Å²) in [6, 6.07) is 10.8. The number of ether oxygens (including phenoxy) is 1. The highest BCUT2D eigenvalue weighted by atomic mass is 19.4.